The summed E-state index contributed by atoms with van der Waals surface area (Å²) in [5, 5.41) is 11.0. The number of piperidine rings is 2. The molecule has 1 aromatic heterocycles. The van der Waals surface area contributed by atoms with Crippen molar-refractivity contribution in [2.75, 3.05) is 26.7 Å². The average molecular weight is 339 g/mol. The largest absolute Gasteiger partial charge is 0.481 e. The summed E-state index contributed by atoms with van der Waals surface area (Å²) in [6, 6.07) is 12.5. The highest BCUT2D eigenvalue weighted by Gasteiger charge is 2.52. The van der Waals surface area contributed by atoms with Crippen LogP contribution in [-0.4, -0.2) is 58.6 Å². The Balaban J connectivity index is 1.53. The van der Waals surface area contributed by atoms with Crippen LogP contribution in [0.25, 0.3) is 10.9 Å². The number of aromatic nitrogens is 1. The van der Waals surface area contributed by atoms with Crippen molar-refractivity contribution in [1.82, 2.24) is 14.8 Å². The topological polar surface area (TPSA) is 56.7 Å². The predicted octanol–water partition coefficient (Wildman–Crippen LogP) is 2.61. The van der Waals surface area contributed by atoms with Gasteiger partial charge < -0.3 is 10.0 Å². The number of likely N-dealkylation sites (tertiary alicyclic amines) is 2. The molecule has 2 aromatic rings. The number of nitrogens with zero attached hydrogens (tertiary/aromatic N) is 3. The highest BCUT2D eigenvalue weighted by atomic mass is 16.4. The molecule has 0 saturated carbocycles. The van der Waals surface area contributed by atoms with E-state index in [1.54, 1.807) is 0 Å². The fourth-order valence-corrected chi connectivity index (χ4v) is 4.61. The standard InChI is InChI=1S/C20H25N3O2/c1-22-11-4-9-20(19(24)25)10-12-23(14-18(20)22)13-16-8-7-15-5-2-3-6-17(15)21-16/h2-3,5-8,18H,4,9-14H2,1H3,(H,24,25)/t18-,20+/m1/s1. The highest BCUT2D eigenvalue weighted by Crippen LogP contribution is 2.42. The Morgan fingerprint density at radius 1 is 1.24 bits per heavy atom. The Labute approximate surface area is 148 Å². The van der Waals surface area contributed by atoms with Gasteiger partial charge in [0.05, 0.1) is 16.6 Å². The van der Waals surface area contributed by atoms with Gasteiger partial charge in [-0.25, -0.2) is 0 Å². The van der Waals surface area contributed by atoms with E-state index in [0.29, 0.717) is 0 Å². The molecule has 2 saturated heterocycles. The third-order valence-electron chi connectivity index (χ3n) is 6.08. The summed E-state index contributed by atoms with van der Waals surface area (Å²) in [5.41, 5.74) is 1.51. The van der Waals surface area contributed by atoms with E-state index >= 15 is 0 Å². The van der Waals surface area contributed by atoms with E-state index in [9.17, 15) is 9.90 Å². The second-order valence-corrected chi connectivity index (χ2v) is 7.54. The van der Waals surface area contributed by atoms with Gasteiger partial charge in [-0.15, -0.1) is 0 Å². The fraction of sp³-hybridized carbons (Fsp3) is 0.500. The Morgan fingerprint density at radius 2 is 2.08 bits per heavy atom. The number of aliphatic carboxylic acids is 1. The number of fused-ring (bicyclic) bond motifs is 2. The van der Waals surface area contributed by atoms with Crippen LogP contribution >= 0.6 is 0 Å². The molecule has 0 spiro atoms. The molecule has 3 heterocycles. The molecule has 4 rings (SSSR count). The molecule has 0 unspecified atom stereocenters. The number of carbonyl (C=O) groups is 1. The van der Waals surface area contributed by atoms with E-state index in [1.807, 2.05) is 18.2 Å². The second kappa shape index (κ2) is 6.39. The maximum absolute atomic E-state index is 12.0. The average Bonchev–Trinajstić information content (AvgIpc) is 2.62. The van der Waals surface area contributed by atoms with Gasteiger partial charge in [-0.2, -0.15) is 0 Å². The van der Waals surface area contributed by atoms with Crippen LogP contribution in [0.4, 0.5) is 0 Å². The minimum atomic E-state index is -0.618. The van der Waals surface area contributed by atoms with Gasteiger partial charge >= 0.3 is 5.97 Å². The summed E-state index contributed by atoms with van der Waals surface area (Å²) >= 11 is 0. The van der Waals surface area contributed by atoms with E-state index in [0.717, 1.165) is 62.0 Å². The van der Waals surface area contributed by atoms with Gasteiger partial charge in [-0.3, -0.25) is 14.7 Å². The van der Waals surface area contributed by atoms with Crippen LogP contribution in [0.2, 0.25) is 0 Å². The summed E-state index contributed by atoms with van der Waals surface area (Å²) in [7, 11) is 2.07. The summed E-state index contributed by atoms with van der Waals surface area (Å²) in [4.78, 5) is 21.4. The first-order valence-corrected chi connectivity index (χ1v) is 9.09. The molecule has 5 heteroatoms. The van der Waals surface area contributed by atoms with Gasteiger partial charge in [0.15, 0.2) is 0 Å². The van der Waals surface area contributed by atoms with Gasteiger partial charge in [0.2, 0.25) is 0 Å². The molecule has 2 aliphatic rings. The summed E-state index contributed by atoms with van der Waals surface area (Å²) < 4.78 is 0. The van der Waals surface area contributed by atoms with E-state index in [2.05, 4.69) is 35.0 Å². The maximum atomic E-state index is 12.0. The summed E-state index contributed by atoms with van der Waals surface area (Å²) in [6.45, 7) is 3.40. The number of benzene rings is 1. The molecule has 0 bridgehead atoms. The molecule has 0 amide bonds. The van der Waals surface area contributed by atoms with Crippen molar-refractivity contribution >= 4 is 16.9 Å². The highest BCUT2D eigenvalue weighted by molar-refractivity contribution is 5.78. The smallest absolute Gasteiger partial charge is 0.311 e. The normalized spacial score (nSPS) is 28.0. The molecule has 1 N–H and O–H groups in total. The molecular formula is C20H25N3O2. The zero-order valence-corrected chi connectivity index (χ0v) is 14.7. The molecule has 2 atom stereocenters. The number of likely N-dealkylation sites (N-methyl/N-ethyl adjacent to an activating group) is 1. The lowest BCUT2D eigenvalue weighted by Crippen LogP contribution is -2.62. The van der Waals surface area contributed by atoms with Crippen molar-refractivity contribution in [1.29, 1.82) is 0 Å². The fourth-order valence-electron chi connectivity index (χ4n) is 4.61. The Morgan fingerprint density at radius 3 is 2.92 bits per heavy atom. The first-order chi connectivity index (χ1) is 12.1. The van der Waals surface area contributed by atoms with E-state index < -0.39 is 11.4 Å². The summed E-state index contributed by atoms with van der Waals surface area (Å²) in [5.74, 6) is -0.618. The maximum Gasteiger partial charge on any atom is 0.311 e. The molecular weight excluding hydrogens is 314 g/mol. The van der Waals surface area contributed by atoms with Crippen molar-refractivity contribution in [3.63, 3.8) is 0 Å². The molecule has 0 radical (unpaired) electrons. The van der Waals surface area contributed by atoms with Crippen molar-refractivity contribution < 1.29 is 9.90 Å². The zero-order valence-electron chi connectivity index (χ0n) is 14.7. The van der Waals surface area contributed by atoms with Crippen LogP contribution in [0.5, 0.6) is 0 Å². The third-order valence-corrected chi connectivity index (χ3v) is 6.08. The van der Waals surface area contributed by atoms with E-state index in [1.165, 1.54) is 0 Å². The zero-order chi connectivity index (χ0) is 17.4. The van der Waals surface area contributed by atoms with Gasteiger partial charge in [0, 0.05) is 24.5 Å². The first kappa shape index (κ1) is 16.5. The monoisotopic (exact) mass is 339 g/mol. The molecule has 0 aliphatic carbocycles. The number of rotatable bonds is 3. The number of pyridine rings is 1. The van der Waals surface area contributed by atoms with E-state index in [4.69, 9.17) is 4.98 Å². The Hall–Kier alpha value is -1.98. The molecule has 25 heavy (non-hydrogen) atoms. The van der Waals surface area contributed by atoms with Crippen molar-refractivity contribution in [2.24, 2.45) is 5.41 Å². The first-order valence-electron chi connectivity index (χ1n) is 9.09. The molecule has 5 nitrogen and oxygen atoms in total. The minimum Gasteiger partial charge on any atom is -0.481 e. The lowest BCUT2D eigenvalue weighted by molar-refractivity contribution is -0.162. The molecule has 132 valence electrons. The van der Waals surface area contributed by atoms with Gasteiger partial charge in [0.25, 0.3) is 0 Å². The van der Waals surface area contributed by atoms with Crippen LogP contribution in [0.15, 0.2) is 36.4 Å². The Kier molecular flexibility index (Phi) is 4.21. The lowest BCUT2D eigenvalue weighted by Gasteiger charge is -2.51. The number of para-hydroxylation sites is 1. The summed E-state index contributed by atoms with van der Waals surface area (Å²) in [6.07, 6.45) is 2.51. The molecule has 2 fully saturated rings. The van der Waals surface area contributed by atoms with Gasteiger partial charge in [-0.05, 0) is 51.5 Å². The number of hydrogen-bond acceptors (Lipinski definition) is 4. The van der Waals surface area contributed by atoms with Crippen LogP contribution < -0.4 is 0 Å². The van der Waals surface area contributed by atoms with Crippen molar-refractivity contribution in [3.8, 4) is 0 Å². The second-order valence-electron chi connectivity index (χ2n) is 7.54. The molecule has 1 aromatic carbocycles. The van der Waals surface area contributed by atoms with Crippen molar-refractivity contribution in [3.05, 3.63) is 42.1 Å². The van der Waals surface area contributed by atoms with Crippen LogP contribution in [0.1, 0.15) is 25.0 Å². The number of carboxylic acids is 1. The quantitative estimate of drug-likeness (QED) is 0.931. The van der Waals surface area contributed by atoms with E-state index in [-0.39, 0.29) is 6.04 Å². The van der Waals surface area contributed by atoms with Crippen LogP contribution in [0.3, 0.4) is 0 Å². The Bertz CT molecular complexity index is 793. The predicted molar refractivity (Wildman–Crippen MR) is 97.4 cm³/mol. The van der Waals surface area contributed by atoms with Gasteiger partial charge in [-0.1, -0.05) is 24.3 Å². The van der Waals surface area contributed by atoms with Crippen LogP contribution in [0, 0.1) is 5.41 Å². The SMILES string of the molecule is CN1CCC[C@]2(C(=O)O)CCN(Cc3ccc4ccccc4n3)C[C@@H]12. The number of carboxylic acid groups (broad SMARTS) is 1. The lowest BCUT2D eigenvalue weighted by atomic mass is 9.68. The van der Waals surface area contributed by atoms with Crippen LogP contribution in [-0.2, 0) is 11.3 Å². The molecule has 2 aliphatic heterocycles. The van der Waals surface area contributed by atoms with Crippen molar-refractivity contribution in [2.45, 2.75) is 31.8 Å². The van der Waals surface area contributed by atoms with Gasteiger partial charge in [0.1, 0.15) is 0 Å². The minimum absolute atomic E-state index is 0.0907. The number of hydrogen-bond donors (Lipinski definition) is 1. The third kappa shape index (κ3) is 2.92.